The Bertz CT molecular complexity index is 1360. The lowest BCUT2D eigenvalue weighted by atomic mass is 10.2. The number of halogens is 1. The normalized spacial score (nSPS) is 11.2. The number of carbonyl (C=O) groups excluding carboxylic acids is 1. The molecule has 12 heteroatoms. The van der Waals surface area contributed by atoms with Gasteiger partial charge < -0.3 is 18.9 Å². The van der Waals surface area contributed by atoms with Crippen LogP contribution >= 0.6 is 11.6 Å². The molecule has 3 rings (SSSR count). The number of sulfonamides is 1. The van der Waals surface area contributed by atoms with Gasteiger partial charge in [0.1, 0.15) is 12.3 Å². The van der Waals surface area contributed by atoms with Crippen molar-refractivity contribution >= 4 is 39.4 Å². The zero-order valence-electron chi connectivity index (χ0n) is 20.6. The highest BCUT2D eigenvalue weighted by Crippen LogP contribution is 2.38. The number of hydrogen-bond acceptors (Lipinski definition) is 8. The molecule has 0 aromatic heterocycles. The van der Waals surface area contributed by atoms with Gasteiger partial charge in [0.15, 0.2) is 11.5 Å². The maximum absolute atomic E-state index is 13.5. The molecule has 0 aliphatic heterocycles. The van der Waals surface area contributed by atoms with Gasteiger partial charge in [0, 0.05) is 10.6 Å². The highest BCUT2D eigenvalue weighted by atomic mass is 35.5. The number of ether oxygens (including phenoxy) is 4. The maximum Gasteiger partial charge on any atom is 0.264 e. The predicted molar refractivity (Wildman–Crippen MR) is 141 cm³/mol. The molecule has 0 radical (unpaired) electrons. The quantitative estimate of drug-likeness (QED) is 0.287. The zero-order valence-corrected chi connectivity index (χ0v) is 22.2. The lowest BCUT2D eigenvalue weighted by Gasteiger charge is -2.25. The molecule has 0 heterocycles. The van der Waals surface area contributed by atoms with Crippen LogP contribution in [-0.2, 0) is 14.8 Å². The molecule has 0 aliphatic rings. The lowest BCUT2D eigenvalue weighted by Crippen LogP contribution is -2.39. The summed E-state index contributed by atoms with van der Waals surface area (Å²) in [5, 5.41) is 4.22. The van der Waals surface area contributed by atoms with Gasteiger partial charge in [-0.05, 0) is 42.5 Å². The molecule has 3 aromatic carbocycles. The third-order valence-electron chi connectivity index (χ3n) is 5.12. The van der Waals surface area contributed by atoms with Gasteiger partial charge in [0.2, 0.25) is 5.75 Å². The van der Waals surface area contributed by atoms with Crippen molar-refractivity contribution in [2.75, 3.05) is 39.3 Å². The minimum atomic E-state index is -4.17. The van der Waals surface area contributed by atoms with Gasteiger partial charge in [-0.2, -0.15) is 5.10 Å². The van der Waals surface area contributed by atoms with Gasteiger partial charge in [0.05, 0.1) is 45.2 Å². The summed E-state index contributed by atoms with van der Waals surface area (Å²) in [5.74, 6) is 0.733. The smallest absolute Gasteiger partial charge is 0.264 e. The number of nitrogens with one attached hydrogen (secondary N) is 1. The van der Waals surface area contributed by atoms with Crippen LogP contribution in [0.4, 0.5) is 5.69 Å². The van der Waals surface area contributed by atoms with E-state index in [1.54, 1.807) is 36.4 Å². The second-order valence-corrected chi connectivity index (χ2v) is 9.69. The summed E-state index contributed by atoms with van der Waals surface area (Å²) in [7, 11) is 1.66. The number of hydrazone groups is 1. The van der Waals surface area contributed by atoms with E-state index < -0.39 is 22.5 Å². The van der Waals surface area contributed by atoms with E-state index in [2.05, 4.69) is 10.5 Å². The Labute approximate surface area is 220 Å². The van der Waals surface area contributed by atoms with Crippen LogP contribution in [-0.4, -0.2) is 55.5 Å². The minimum absolute atomic E-state index is 0.00856. The monoisotopic (exact) mass is 547 g/mol. The Kier molecular flexibility index (Phi) is 9.20. The summed E-state index contributed by atoms with van der Waals surface area (Å²) < 4.78 is 49.2. The van der Waals surface area contributed by atoms with Crippen molar-refractivity contribution in [2.24, 2.45) is 5.10 Å². The van der Waals surface area contributed by atoms with Crippen LogP contribution < -0.4 is 28.7 Å². The number of anilines is 1. The topological polar surface area (TPSA) is 116 Å². The molecule has 0 unspecified atom stereocenters. The molecule has 0 saturated heterocycles. The van der Waals surface area contributed by atoms with E-state index in [0.717, 1.165) is 4.31 Å². The molecule has 196 valence electrons. The van der Waals surface area contributed by atoms with Gasteiger partial charge in [-0.15, -0.1) is 0 Å². The lowest BCUT2D eigenvalue weighted by molar-refractivity contribution is -0.119. The van der Waals surface area contributed by atoms with Crippen LogP contribution in [0.1, 0.15) is 5.56 Å². The van der Waals surface area contributed by atoms with E-state index in [9.17, 15) is 13.2 Å². The van der Waals surface area contributed by atoms with Gasteiger partial charge in [0.25, 0.3) is 15.9 Å². The Morgan fingerprint density at radius 1 is 0.919 bits per heavy atom. The number of amides is 1. The summed E-state index contributed by atoms with van der Waals surface area (Å²) in [4.78, 5) is 12.8. The first-order valence-corrected chi connectivity index (χ1v) is 12.6. The first-order valence-electron chi connectivity index (χ1n) is 10.8. The summed E-state index contributed by atoms with van der Waals surface area (Å²) >= 11 is 6.14. The number of hydrogen-bond donors (Lipinski definition) is 1. The number of methoxy groups -OCH3 is 4. The molecule has 0 aliphatic carbocycles. The molecule has 3 aromatic rings. The van der Waals surface area contributed by atoms with E-state index in [0.29, 0.717) is 22.8 Å². The number of carbonyl (C=O) groups is 1. The summed E-state index contributed by atoms with van der Waals surface area (Å²) in [6.07, 6.45) is 1.36. The Balaban J connectivity index is 1.90. The van der Waals surface area contributed by atoms with Crippen LogP contribution in [0, 0.1) is 0 Å². The van der Waals surface area contributed by atoms with Crippen molar-refractivity contribution in [3.8, 4) is 23.0 Å². The molecule has 1 N–H and O–H groups in total. The first kappa shape index (κ1) is 27.6. The molecule has 0 fully saturated rings. The standard InChI is InChI=1S/C25H26ClN3O7S/c1-33-21-11-10-18(26)14-20(21)29(37(31,32)19-8-6-5-7-9-19)16-24(30)28-27-15-17-12-22(34-2)25(36-4)23(13-17)35-3/h5-15H,16H2,1-4H3,(H,28,30). The number of rotatable bonds is 11. The largest absolute Gasteiger partial charge is 0.495 e. The second kappa shape index (κ2) is 12.3. The van der Waals surface area contributed by atoms with Gasteiger partial charge in [-0.3, -0.25) is 9.10 Å². The molecule has 0 bridgehead atoms. The second-order valence-electron chi connectivity index (χ2n) is 7.39. The van der Waals surface area contributed by atoms with Crippen LogP contribution in [0.3, 0.4) is 0 Å². The summed E-state index contributed by atoms with van der Waals surface area (Å²) in [6.45, 7) is -0.597. The van der Waals surface area contributed by atoms with E-state index in [-0.39, 0.29) is 21.4 Å². The third kappa shape index (κ3) is 6.43. The maximum atomic E-state index is 13.5. The molecule has 10 nitrogen and oxygen atoms in total. The number of nitrogens with zero attached hydrogens (tertiary/aromatic N) is 2. The summed E-state index contributed by atoms with van der Waals surface area (Å²) in [6, 6.07) is 15.5. The van der Waals surface area contributed by atoms with E-state index in [1.807, 2.05) is 0 Å². The summed E-state index contributed by atoms with van der Waals surface area (Å²) in [5.41, 5.74) is 2.99. The molecule has 0 spiro atoms. The van der Waals surface area contributed by atoms with E-state index in [1.165, 1.54) is 58.9 Å². The molecular weight excluding hydrogens is 522 g/mol. The fourth-order valence-corrected chi connectivity index (χ4v) is 5.01. The molecule has 37 heavy (non-hydrogen) atoms. The average molecular weight is 548 g/mol. The molecule has 0 saturated carbocycles. The van der Waals surface area contributed by atoms with Crippen LogP contribution in [0.2, 0.25) is 5.02 Å². The third-order valence-corrected chi connectivity index (χ3v) is 7.13. The van der Waals surface area contributed by atoms with Crippen molar-refractivity contribution in [3.05, 3.63) is 71.2 Å². The Morgan fingerprint density at radius 2 is 1.54 bits per heavy atom. The van der Waals surface area contributed by atoms with Crippen molar-refractivity contribution < 1.29 is 32.2 Å². The zero-order chi connectivity index (χ0) is 27.0. The molecule has 1 amide bonds. The SMILES string of the molecule is COc1ccc(Cl)cc1N(CC(=O)NN=Cc1cc(OC)c(OC)c(OC)c1)S(=O)(=O)c1ccccc1. The first-order chi connectivity index (χ1) is 17.7. The molecular formula is C25H26ClN3O7S. The number of benzene rings is 3. The van der Waals surface area contributed by atoms with Crippen LogP contribution in [0.15, 0.2) is 70.7 Å². The van der Waals surface area contributed by atoms with Crippen molar-refractivity contribution in [2.45, 2.75) is 4.90 Å². The Hall–Kier alpha value is -3.96. The van der Waals surface area contributed by atoms with Crippen LogP contribution in [0.25, 0.3) is 0 Å². The molecule has 0 atom stereocenters. The van der Waals surface area contributed by atoms with Crippen molar-refractivity contribution in [1.29, 1.82) is 0 Å². The van der Waals surface area contributed by atoms with Gasteiger partial charge in [-0.1, -0.05) is 29.8 Å². The van der Waals surface area contributed by atoms with Gasteiger partial charge >= 0.3 is 0 Å². The van der Waals surface area contributed by atoms with Crippen LogP contribution in [0.5, 0.6) is 23.0 Å². The highest BCUT2D eigenvalue weighted by Gasteiger charge is 2.29. The average Bonchev–Trinajstić information content (AvgIpc) is 2.91. The highest BCUT2D eigenvalue weighted by molar-refractivity contribution is 7.92. The predicted octanol–water partition coefficient (Wildman–Crippen LogP) is 3.72. The minimum Gasteiger partial charge on any atom is -0.495 e. The van der Waals surface area contributed by atoms with Gasteiger partial charge in [-0.25, -0.2) is 13.8 Å². The van der Waals surface area contributed by atoms with Crippen molar-refractivity contribution in [3.63, 3.8) is 0 Å². The fraction of sp³-hybridized carbons (Fsp3) is 0.200. The van der Waals surface area contributed by atoms with E-state index in [4.69, 9.17) is 30.5 Å². The fourth-order valence-electron chi connectivity index (χ4n) is 3.40. The van der Waals surface area contributed by atoms with E-state index >= 15 is 0 Å². The Morgan fingerprint density at radius 3 is 2.11 bits per heavy atom. The van der Waals surface area contributed by atoms with Crippen molar-refractivity contribution in [1.82, 2.24) is 5.43 Å².